The van der Waals surface area contributed by atoms with Gasteiger partial charge in [-0.25, -0.2) is 4.68 Å². The summed E-state index contributed by atoms with van der Waals surface area (Å²) in [5.41, 5.74) is 3.73. The molecule has 0 saturated heterocycles. The van der Waals surface area contributed by atoms with Gasteiger partial charge in [-0.2, -0.15) is 5.10 Å². The van der Waals surface area contributed by atoms with Crippen LogP contribution in [-0.4, -0.2) is 39.9 Å². The van der Waals surface area contributed by atoms with E-state index in [0.29, 0.717) is 5.75 Å². The molecule has 178 valence electrons. The number of thiophene rings is 1. The minimum absolute atomic E-state index is 0.00120. The first-order chi connectivity index (χ1) is 16.2. The summed E-state index contributed by atoms with van der Waals surface area (Å²) in [5, 5.41) is 10.2. The number of rotatable bonds is 5. The third-order valence-corrected chi connectivity index (χ3v) is 8.51. The van der Waals surface area contributed by atoms with Crippen molar-refractivity contribution in [2.45, 2.75) is 57.2 Å². The molecule has 1 atom stereocenters. The summed E-state index contributed by atoms with van der Waals surface area (Å²) < 4.78 is 1.90. The van der Waals surface area contributed by atoms with Gasteiger partial charge in [-0.05, 0) is 42.8 Å². The molecule has 1 aromatic carbocycles. The van der Waals surface area contributed by atoms with Gasteiger partial charge in [0, 0.05) is 21.9 Å². The van der Waals surface area contributed by atoms with Crippen LogP contribution in [-0.2, 0) is 15.0 Å². The van der Waals surface area contributed by atoms with Gasteiger partial charge in [0.15, 0.2) is 0 Å². The van der Waals surface area contributed by atoms with Gasteiger partial charge < -0.3 is 5.32 Å². The number of aryl methyl sites for hydroxylation is 1. The number of nitrogens with one attached hydrogen (secondary N) is 1. The fourth-order valence-electron chi connectivity index (χ4n) is 4.35. The zero-order chi connectivity index (χ0) is 24.0. The average Bonchev–Trinajstić information content (AvgIpc) is 3.30. The van der Waals surface area contributed by atoms with Gasteiger partial charge >= 0.3 is 0 Å². The normalized spacial score (nSPS) is 18.5. The van der Waals surface area contributed by atoms with Crippen LogP contribution in [0, 0.1) is 6.92 Å². The molecule has 8 heteroatoms. The van der Waals surface area contributed by atoms with Crippen molar-refractivity contribution in [3.63, 3.8) is 0 Å². The Kier molecular flexibility index (Phi) is 6.06. The number of benzene rings is 1. The van der Waals surface area contributed by atoms with E-state index in [0.717, 1.165) is 41.2 Å². The van der Waals surface area contributed by atoms with Gasteiger partial charge in [0.1, 0.15) is 12.4 Å². The van der Waals surface area contributed by atoms with Gasteiger partial charge in [0.2, 0.25) is 11.8 Å². The fourth-order valence-corrected chi connectivity index (χ4v) is 6.53. The number of amides is 2. The van der Waals surface area contributed by atoms with Crippen molar-refractivity contribution in [1.29, 1.82) is 0 Å². The predicted octanol–water partition coefficient (Wildman–Crippen LogP) is 4.99. The van der Waals surface area contributed by atoms with Crippen LogP contribution in [0.4, 0.5) is 5.82 Å². The molecule has 3 heterocycles. The first-order valence-electron chi connectivity index (χ1n) is 11.7. The Morgan fingerprint density at radius 1 is 1.18 bits per heavy atom. The Labute approximate surface area is 208 Å². The van der Waals surface area contributed by atoms with Crippen molar-refractivity contribution >= 4 is 40.7 Å². The Morgan fingerprint density at radius 2 is 1.94 bits per heavy atom. The molecule has 6 nitrogen and oxygen atoms in total. The van der Waals surface area contributed by atoms with Gasteiger partial charge in [0.05, 0.1) is 22.4 Å². The van der Waals surface area contributed by atoms with E-state index in [2.05, 4.69) is 43.6 Å². The maximum Gasteiger partial charge on any atom is 0.240 e. The summed E-state index contributed by atoms with van der Waals surface area (Å²) in [4.78, 5) is 29.3. The van der Waals surface area contributed by atoms with E-state index in [1.54, 1.807) is 28.0 Å². The van der Waals surface area contributed by atoms with Gasteiger partial charge in [-0.15, -0.1) is 23.1 Å². The summed E-state index contributed by atoms with van der Waals surface area (Å²) in [5.74, 6) is 0.854. The number of carbonyl (C=O) groups excluding carboxylic acids is 2. The number of hydrogen-bond acceptors (Lipinski definition) is 5. The zero-order valence-electron chi connectivity index (χ0n) is 20.0. The average molecular weight is 495 g/mol. The van der Waals surface area contributed by atoms with Gasteiger partial charge in [-0.3, -0.25) is 14.5 Å². The van der Waals surface area contributed by atoms with E-state index in [-0.39, 0.29) is 35.1 Å². The van der Waals surface area contributed by atoms with E-state index in [9.17, 15) is 9.59 Å². The van der Waals surface area contributed by atoms with Crippen LogP contribution in [0.5, 0.6) is 0 Å². The highest BCUT2D eigenvalue weighted by atomic mass is 32.2. The van der Waals surface area contributed by atoms with Crippen LogP contribution in [0.25, 0.3) is 5.69 Å². The Hall–Kier alpha value is -2.58. The van der Waals surface area contributed by atoms with Crippen LogP contribution in [0.2, 0.25) is 0 Å². The number of para-hydroxylation sites is 1. The highest BCUT2D eigenvalue weighted by Crippen LogP contribution is 2.49. The molecule has 0 radical (unpaired) electrons. The van der Waals surface area contributed by atoms with Crippen molar-refractivity contribution in [2.75, 3.05) is 17.2 Å². The topological polar surface area (TPSA) is 67.2 Å². The van der Waals surface area contributed by atoms with Crippen LogP contribution >= 0.6 is 23.1 Å². The van der Waals surface area contributed by atoms with E-state index in [1.165, 1.54) is 4.88 Å². The maximum atomic E-state index is 13.5. The third-order valence-electron chi connectivity index (χ3n) is 6.19. The van der Waals surface area contributed by atoms with E-state index in [4.69, 9.17) is 5.10 Å². The smallest absolute Gasteiger partial charge is 0.240 e. The second-order valence-electron chi connectivity index (χ2n) is 10.1. The number of hydrogen-bond donors (Lipinski definition) is 1. The molecule has 5 rings (SSSR count). The van der Waals surface area contributed by atoms with Crippen LogP contribution in [0.3, 0.4) is 0 Å². The summed E-state index contributed by atoms with van der Waals surface area (Å²) in [6.07, 6.45) is 2.02. The highest BCUT2D eigenvalue weighted by molar-refractivity contribution is 8.00. The van der Waals surface area contributed by atoms with Crippen molar-refractivity contribution < 1.29 is 9.59 Å². The quantitative estimate of drug-likeness (QED) is 0.543. The summed E-state index contributed by atoms with van der Waals surface area (Å²) in [6.45, 7) is 8.52. The molecule has 1 aliphatic heterocycles. The van der Waals surface area contributed by atoms with Crippen LogP contribution < -0.4 is 10.2 Å². The minimum atomic E-state index is -0.247. The Morgan fingerprint density at radius 3 is 2.59 bits per heavy atom. The largest absolute Gasteiger partial charge is 0.352 e. The molecule has 3 aromatic rings. The summed E-state index contributed by atoms with van der Waals surface area (Å²) in [6, 6.07) is 12.5. The molecule has 2 aromatic heterocycles. The number of fused-ring (bicyclic) bond motifs is 1. The number of aromatic nitrogens is 2. The standard InChI is InChI=1S/C26H30N4O2S2/c1-16-8-5-6-9-18(16)30-25-22(24(28-30)26(2,3)4)23(19-10-7-13-33-19)34-15-21(32)29(25)14-20(31)27-17-11-12-17/h5-10,13,17,23H,11-12,14-15H2,1-4H3,(H,27,31)/t23-/m1/s1. The zero-order valence-corrected chi connectivity index (χ0v) is 21.6. The van der Waals surface area contributed by atoms with Gasteiger partial charge in [-0.1, -0.05) is 45.0 Å². The lowest BCUT2D eigenvalue weighted by molar-refractivity contribution is -0.123. The molecule has 34 heavy (non-hydrogen) atoms. The first-order valence-corrected chi connectivity index (χ1v) is 13.6. The predicted molar refractivity (Wildman–Crippen MR) is 139 cm³/mol. The Balaban J connectivity index is 1.75. The molecule has 0 spiro atoms. The lowest BCUT2D eigenvalue weighted by Crippen LogP contribution is -2.43. The van der Waals surface area contributed by atoms with Gasteiger partial charge in [0.25, 0.3) is 0 Å². The molecule has 1 saturated carbocycles. The van der Waals surface area contributed by atoms with E-state index >= 15 is 0 Å². The van der Waals surface area contributed by atoms with Crippen molar-refractivity contribution in [1.82, 2.24) is 15.1 Å². The lowest BCUT2D eigenvalue weighted by atomic mass is 9.88. The molecule has 1 fully saturated rings. The van der Waals surface area contributed by atoms with E-state index < -0.39 is 0 Å². The Bertz CT molecular complexity index is 1220. The third kappa shape index (κ3) is 4.41. The summed E-state index contributed by atoms with van der Waals surface area (Å²) in [7, 11) is 0. The maximum absolute atomic E-state index is 13.5. The second kappa shape index (κ2) is 8.89. The van der Waals surface area contributed by atoms with E-state index in [1.807, 2.05) is 35.9 Å². The molecular weight excluding hydrogens is 464 g/mol. The molecule has 1 aliphatic carbocycles. The molecular formula is C26H30N4O2S2. The highest BCUT2D eigenvalue weighted by Gasteiger charge is 2.40. The summed E-state index contributed by atoms with van der Waals surface area (Å²) >= 11 is 3.32. The SMILES string of the molecule is Cc1ccccc1-n1nc(C(C)(C)C)c2c1N(CC(=O)NC1CC1)C(=O)CS[C@@H]2c1cccs1. The number of nitrogens with zero attached hydrogens (tertiary/aromatic N) is 3. The molecule has 1 N–H and O–H groups in total. The molecule has 0 unspecified atom stereocenters. The molecule has 2 aliphatic rings. The molecule has 2 amide bonds. The number of anilines is 1. The minimum Gasteiger partial charge on any atom is -0.352 e. The monoisotopic (exact) mass is 494 g/mol. The number of carbonyl (C=O) groups is 2. The van der Waals surface area contributed by atoms with Crippen molar-refractivity contribution in [2.24, 2.45) is 0 Å². The van der Waals surface area contributed by atoms with Crippen LogP contribution in [0.1, 0.15) is 60.6 Å². The van der Waals surface area contributed by atoms with Crippen molar-refractivity contribution in [3.05, 3.63) is 63.5 Å². The van der Waals surface area contributed by atoms with Crippen molar-refractivity contribution in [3.8, 4) is 5.69 Å². The first kappa shape index (κ1) is 23.2. The van der Waals surface area contributed by atoms with Crippen LogP contribution in [0.15, 0.2) is 41.8 Å². The number of thioether (sulfide) groups is 1. The molecule has 0 bridgehead atoms. The second-order valence-corrected chi connectivity index (χ2v) is 12.1. The fraction of sp³-hybridized carbons (Fsp3) is 0.423. The lowest BCUT2D eigenvalue weighted by Gasteiger charge is -2.24.